The Morgan fingerprint density at radius 2 is 2.12 bits per heavy atom. The van der Waals surface area contributed by atoms with E-state index in [0.29, 0.717) is 13.0 Å². The van der Waals surface area contributed by atoms with Crippen LogP contribution in [0.2, 0.25) is 0 Å². The second kappa shape index (κ2) is 9.08. The van der Waals surface area contributed by atoms with Gasteiger partial charge in [0.05, 0.1) is 12.6 Å². The molecule has 1 unspecified atom stereocenters. The quantitative estimate of drug-likeness (QED) is 0.422. The average Bonchev–Trinajstić information content (AvgIpc) is 2.24. The molecule has 0 aliphatic heterocycles. The van der Waals surface area contributed by atoms with E-state index >= 15 is 0 Å². The number of carboxylic acid groups (broad SMARTS) is 1. The van der Waals surface area contributed by atoms with Gasteiger partial charge in [-0.2, -0.15) is 0 Å². The summed E-state index contributed by atoms with van der Waals surface area (Å²) in [5.74, 6) is -1.33. The van der Waals surface area contributed by atoms with E-state index in [1.165, 1.54) is 7.11 Å². The van der Waals surface area contributed by atoms with Gasteiger partial charge in [0.25, 0.3) is 0 Å². The first kappa shape index (κ1) is 14.8. The highest BCUT2D eigenvalue weighted by atomic mass is 16.5. The highest BCUT2D eigenvalue weighted by Crippen LogP contribution is 1.88. The van der Waals surface area contributed by atoms with Crippen molar-refractivity contribution in [3.63, 3.8) is 0 Å². The van der Waals surface area contributed by atoms with Gasteiger partial charge in [-0.1, -0.05) is 0 Å². The Kier molecular flexibility index (Phi) is 8.41. The molecule has 0 saturated heterocycles. The smallest absolute Gasteiger partial charge is 0.329 e. The van der Waals surface area contributed by atoms with E-state index in [1.807, 2.05) is 0 Å². The van der Waals surface area contributed by atoms with Crippen molar-refractivity contribution < 1.29 is 24.2 Å². The minimum Gasteiger partial charge on any atom is -0.480 e. The van der Waals surface area contributed by atoms with Gasteiger partial charge in [0.2, 0.25) is 5.91 Å². The van der Waals surface area contributed by atoms with Crippen molar-refractivity contribution in [2.24, 2.45) is 5.73 Å². The number of hydrogen-bond donors (Lipinski definition) is 3. The van der Waals surface area contributed by atoms with Crippen LogP contribution < -0.4 is 11.1 Å². The number of carbonyl (C=O) groups is 2. The maximum Gasteiger partial charge on any atom is 0.329 e. The number of nitrogens with two attached hydrogens (primary N) is 1. The number of hydrogen-bond acceptors (Lipinski definition) is 5. The van der Waals surface area contributed by atoms with Gasteiger partial charge in [0.1, 0.15) is 6.61 Å². The summed E-state index contributed by atoms with van der Waals surface area (Å²) < 4.78 is 9.51. The molecule has 0 aromatic carbocycles. The summed E-state index contributed by atoms with van der Waals surface area (Å²) in [7, 11) is 1.53. The minimum absolute atomic E-state index is 0.148. The number of amides is 1. The van der Waals surface area contributed by atoms with Gasteiger partial charge in [-0.25, -0.2) is 4.79 Å². The highest BCUT2D eigenvalue weighted by molar-refractivity contribution is 5.81. The van der Waals surface area contributed by atoms with E-state index in [0.717, 1.165) is 0 Å². The highest BCUT2D eigenvalue weighted by Gasteiger charge is 2.11. The molecule has 0 aromatic rings. The van der Waals surface area contributed by atoms with E-state index in [1.54, 1.807) is 0 Å². The molecule has 0 spiro atoms. The summed E-state index contributed by atoms with van der Waals surface area (Å²) in [6.45, 7) is 0.442. The normalized spacial score (nSPS) is 12.1. The van der Waals surface area contributed by atoms with Gasteiger partial charge in [-0.05, 0) is 6.42 Å². The number of carboxylic acids is 1. The second-order valence-corrected chi connectivity index (χ2v) is 3.13. The maximum absolute atomic E-state index is 11.3. The van der Waals surface area contributed by atoms with Gasteiger partial charge >= 0.3 is 5.97 Å². The summed E-state index contributed by atoms with van der Waals surface area (Å²) in [6, 6.07) is -0.612. The molecule has 1 amide bonds. The lowest BCUT2D eigenvalue weighted by atomic mass is 10.2. The fourth-order valence-corrected chi connectivity index (χ4v) is 0.913. The van der Waals surface area contributed by atoms with Gasteiger partial charge in [-0.3, -0.25) is 4.79 Å². The lowest BCUT2D eigenvalue weighted by Gasteiger charge is -2.11. The van der Waals surface area contributed by atoms with E-state index in [-0.39, 0.29) is 25.7 Å². The summed E-state index contributed by atoms with van der Waals surface area (Å²) in [4.78, 5) is 21.4. The van der Waals surface area contributed by atoms with Crippen molar-refractivity contribution in [1.82, 2.24) is 5.32 Å². The largest absolute Gasteiger partial charge is 0.480 e. The number of ether oxygens (including phenoxy) is 2. The topological polar surface area (TPSA) is 111 Å². The average molecular weight is 234 g/mol. The van der Waals surface area contributed by atoms with Gasteiger partial charge in [0.15, 0.2) is 0 Å². The predicted octanol–water partition coefficient (Wildman–Crippen LogP) is -1.43. The van der Waals surface area contributed by atoms with E-state index in [2.05, 4.69) is 5.32 Å². The van der Waals surface area contributed by atoms with Crippen molar-refractivity contribution in [2.45, 2.75) is 12.5 Å². The van der Waals surface area contributed by atoms with Crippen molar-refractivity contribution in [1.29, 1.82) is 0 Å². The fourth-order valence-electron chi connectivity index (χ4n) is 0.913. The van der Waals surface area contributed by atoms with Crippen molar-refractivity contribution >= 4 is 11.9 Å². The van der Waals surface area contributed by atoms with Crippen LogP contribution in [0.5, 0.6) is 0 Å². The number of aliphatic carboxylic acids is 1. The SMILES string of the molecule is COCCC(N)C(=O)NCCOCC(=O)O. The lowest BCUT2D eigenvalue weighted by molar-refractivity contribution is -0.142. The zero-order valence-electron chi connectivity index (χ0n) is 9.27. The molecule has 0 rings (SSSR count). The second-order valence-electron chi connectivity index (χ2n) is 3.13. The third kappa shape index (κ3) is 8.16. The van der Waals surface area contributed by atoms with E-state index in [9.17, 15) is 9.59 Å². The van der Waals surface area contributed by atoms with Crippen LogP contribution in [0.25, 0.3) is 0 Å². The molecule has 94 valence electrons. The summed E-state index contributed by atoms with van der Waals surface area (Å²) >= 11 is 0. The first-order valence-electron chi connectivity index (χ1n) is 4.89. The summed E-state index contributed by atoms with van der Waals surface area (Å²) in [5, 5.41) is 10.8. The molecule has 0 aliphatic carbocycles. The van der Waals surface area contributed by atoms with Gasteiger partial charge < -0.3 is 25.6 Å². The van der Waals surface area contributed by atoms with Crippen LogP contribution in [0.3, 0.4) is 0 Å². The van der Waals surface area contributed by atoms with Crippen molar-refractivity contribution in [3.8, 4) is 0 Å². The van der Waals surface area contributed by atoms with Crippen LogP contribution in [-0.4, -0.2) is 56.5 Å². The number of methoxy groups -OCH3 is 1. The summed E-state index contributed by atoms with van der Waals surface area (Å²) in [5.41, 5.74) is 5.54. The third-order valence-electron chi connectivity index (χ3n) is 1.74. The Labute approximate surface area is 93.9 Å². The van der Waals surface area contributed by atoms with Crippen LogP contribution in [-0.2, 0) is 19.1 Å². The van der Waals surface area contributed by atoms with E-state index in [4.69, 9.17) is 20.3 Å². The molecule has 0 fully saturated rings. The number of rotatable bonds is 9. The molecule has 16 heavy (non-hydrogen) atoms. The number of nitrogens with one attached hydrogen (secondary N) is 1. The number of carbonyl (C=O) groups excluding carboxylic acids is 1. The zero-order valence-corrected chi connectivity index (χ0v) is 9.27. The molecule has 7 heteroatoms. The molecule has 7 nitrogen and oxygen atoms in total. The molecule has 0 bridgehead atoms. The van der Waals surface area contributed by atoms with E-state index < -0.39 is 12.0 Å². The van der Waals surface area contributed by atoms with Crippen LogP contribution in [0, 0.1) is 0 Å². The first-order chi connectivity index (χ1) is 7.57. The third-order valence-corrected chi connectivity index (χ3v) is 1.74. The summed E-state index contributed by atoms with van der Waals surface area (Å²) in [6.07, 6.45) is 0.443. The molecule has 4 N–H and O–H groups in total. The Balaban J connectivity index is 3.45. The van der Waals surface area contributed by atoms with Crippen LogP contribution in [0.4, 0.5) is 0 Å². The lowest BCUT2D eigenvalue weighted by Crippen LogP contribution is -2.42. The monoisotopic (exact) mass is 234 g/mol. The first-order valence-corrected chi connectivity index (χ1v) is 4.89. The molecular formula is C9H18N2O5. The zero-order chi connectivity index (χ0) is 12.4. The predicted molar refractivity (Wildman–Crippen MR) is 55.9 cm³/mol. The fraction of sp³-hybridized carbons (Fsp3) is 0.778. The van der Waals surface area contributed by atoms with Gasteiger partial charge in [-0.15, -0.1) is 0 Å². The maximum atomic E-state index is 11.3. The Morgan fingerprint density at radius 3 is 2.69 bits per heavy atom. The van der Waals surface area contributed by atoms with Gasteiger partial charge in [0, 0.05) is 20.3 Å². The molecule has 0 radical (unpaired) electrons. The van der Waals surface area contributed by atoms with Crippen LogP contribution in [0.15, 0.2) is 0 Å². The Morgan fingerprint density at radius 1 is 1.44 bits per heavy atom. The Hall–Kier alpha value is -1.18. The molecule has 0 aliphatic rings. The molecule has 0 heterocycles. The molecule has 1 atom stereocenters. The van der Waals surface area contributed by atoms with Crippen LogP contribution >= 0.6 is 0 Å². The molecule has 0 saturated carbocycles. The Bertz CT molecular complexity index is 222. The minimum atomic E-state index is -1.04. The molecule has 0 aromatic heterocycles. The van der Waals surface area contributed by atoms with Crippen LogP contribution in [0.1, 0.15) is 6.42 Å². The molecular weight excluding hydrogens is 216 g/mol. The van der Waals surface area contributed by atoms with Crippen molar-refractivity contribution in [2.75, 3.05) is 33.5 Å². The standard InChI is InChI=1S/C9H18N2O5/c1-15-4-2-7(10)9(14)11-3-5-16-6-8(12)13/h7H,2-6,10H2,1H3,(H,11,14)(H,12,13). The van der Waals surface area contributed by atoms with Crippen molar-refractivity contribution in [3.05, 3.63) is 0 Å².